The number of carbonyl (C=O) groups excluding carboxylic acids is 1. The molecule has 0 saturated carbocycles. The highest BCUT2D eigenvalue weighted by molar-refractivity contribution is 5.92. The molecular formula is C23H20F3N3O. The summed E-state index contributed by atoms with van der Waals surface area (Å²) in [6.45, 7) is 1.79. The minimum atomic E-state index is -4.47. The molecule has 0 radical (unpaired) electrons. The third kappa shape index (κ3) is 3.65. The number of nitriles is 1. The van der Waals surface area contributed by atoms with E-state index in [1.165, 1.54) is 30.4 Å². The SMILES string of the molecule is N#Cc1ccc2c(c1)C1(CCN(C(=O)C=Cc3ccccc3C(F)(F)F)CC1)CN2. The second-order valence-electron chi connectivity index (χ2n) is 7.75. The van der Waals surface area contributed by atoms with E-state index in [4.69, 9.17) is 0 Å². The topological polar surface area (TPSA) is 56.1 Å². The van der Waals surface area contributed by atoms with E-state index in [-0.39, 0.29) is 16.9 Å². The number of benzene rings is 2. The summed E-state index contributed by atoms with van der Waals surface area (Å²) in [6, 6.07) is 13.0. The molecule has 1 amide bonds. The number of likely N-dealkylation sites (tertiary alicyclic amines) is 1. The Kier molecular flexibility index (Phi) is 5.02. The molecule has 2 aliphatic heterocycles. The molecule has 0 aliphatic carbocycles. The normalized spacial score (nSPS) is 17.6. The zero-order chi connectivity index (χ0) is 21.4. The van der Waals surface area contributed by atoms with Gasteiger partial charge in [0.15, 0.2) is 0 Å². The Labute approximate surface area is 172 Å². The van der Waals surface area contributed by atoms with Crippen LogP contribution in [0.2, 0.25) is 0 Å². The molecule has 154 valence electrons. The van der Waals surface area contributed by atoms with E-state index in [9.17, 15) is 23.2 Å². The van der Waals surface area contributed by atoms with Crippen molar-refractivity contribution in [3.05, 3.63) is 70.8 Å². The average molecular weight is 411 g/mol. The molecule has 2 aromatic carbocycles. The van der Waals surface area contributed by atoms with Gasteiger partial charge in [0, 0.05) is 36.8 Å². The van der Waals surface area contributed by atoms with E-state index < -0.39 is 11.7 Å². The highest BCUT2D eigenvalue weighted by atomic mass is 19.4. The van der Waals surface area contributed by atoms with Crippen molar-refractivity contribution in [3.63, 3.8) is 0 Å². The second-order valence-corrected chi connectivity index (χ2v) is 7.75. The maximum atomic E-state index is 13.1. The van der Waals surface area contributed by atoms with E-state index in [2.05, 4.69) is 11.4 Å². The van der Waals surface area contributed by atoms with Crippen molar-refractivity contribution in [1.29, 1.82) is 5.26 Å². The summed E-state index contributed by atoms with van der Waals surface area (Å²) >= 11 is 0. The van der Waals surface area contributed by atoms with Crippen LogP contribution in [-0.4, -0.2) is 30.4 Å². The molecule has 0 aromatic heterocycles. The van der Waals surface area contributed by atoms with Gasteiger partial charge >= 0.3 is 6.18 Å². The lowest BCUT2D eigenvalue weighted by Crippen LogP contribution is -2.45. The van der Waals surface area contributed by atoms with Crippen molar-refractivity contribution in [2.24, 2.45) is 0 Å². The number of halogens is 3. The molecule has 4 nitrogen and oxygen atoms in total. The number of hydrogen-bond acceptors (Lipinski definition) is 3. The fraction of sp³-hybridized carbons (Fsp3) is 0.304. The quantitative estimate of drug-likeness (QED) is 0.737. The smallest absolute Gasteiger partial charge is 0.384 e. The van der Waals surface area contributed by atoms with Gasteiger partial charge in [-0.1, -0.05) is 18.2 Å². The number of hydrogen-bond donors (Lipinski definition) is 1. The minimum Gasteiger partial charge on any atom is -0.384 e. The van der Waals surface area contributed by atoms with Crippen LogP contribution in [0.1, 0.15) is 35.1 Å². The number of piperidine rings is 1. The minimum absolute atomic E-state index is 0.0233. The van der Waals surface area contributed by atoms with Crippen LogP contribution in [0.25, 0.3) is 6.08 Å². The summed E-state index contributed by atoms with van der Waals surface area (Å²) in [6.07, 6.45) is -0.536. The van der Waals surface area contributed by atoms with Gasteiger partial charge in [0.2, 0.25) is 5.91 Å². The van der Waals surface area contributed by atoms with Crippen LogP contribution in [0.5, 0.6) is 0 Å². The van der Waals surface area contributed by atoms with Gasteiger partial charge < -0.3 is 10.2 Å². The Hall–Kier alpha value is -3.27. The van der Waals surface area contributed by atoms with E-state index in [0.29, 0.717) is 18.7 Å². The maximum Gasteiger partial charge on any atom is 0.416 e. The number of rotatable bonds is 2. The first-order valence-corrected chi connectivity index (χ1v) is 9.74. The fourth-order valence-electron chi connectivity index (χ4n) is 4.33. The number of amides is 1. The molecule has 2 aliphatic rings. The van der Waals surface area contributed by atoms with Crippen molar-refractivity contribution in [3.8, 4) is 6.07 Å². The van der Waals surface area contributed by atoms with E-state index >= 15 is 0 Å². The Balaban J connectivity index is 1.46. The summed E-state index contributed by atoms with van der Waals surface area (Å²) in [5, 5.41) is 12.6. The number of nitrogens with one attached hydrogen (secondary N) is 1. The highest BCUT2D eigenvalue weighted by Gasteiger charge is 2.42. The molecule has 1 spiro atoms. The molecule has 7 heteroatoms. The van der Waals surface area contributed by atoms with Crippen LogP contribution in [0.3, 0.4) is 0 Å². The number of carbonyl (C=O) groups is 1. The summed E-state index contributed by atoms with van der Waals surface area (Å²) in [7, 11) is 0. The average Bonchev–Trinajstić information content (AvgIpc) is 3.09. The Bertz CT molecular complexity index is 1040. The van der Waals surface area contributed by atoms with Crippen LogP contribution in [0.4, 0.5) is 18.9 Å². The molecule has 2 heterocycles. The first-order chi connectivity index (χ1) is 14.3. The lowest BCUT2D eigenvalue weighted by Gasteiger charge is -2.39. The fourth-order valence-corrected chi connectivity index (χ4v) is 4.33. The zero-order valence-corrected chi connectivity index (χ0v) is 16.2. The highest BCUT2D eigenvalue weighted by Crippen LogP contribution is 2.44. The monoisotopic (exact) mass is 411 g/mol. The van der Waals surface area contributed by atoms with Gasteiger partial charge in [0.05, 0.1) is 17.2 Å². The van der Waals surface area contributed by atoms with Gasteiger partial charge in [-0.15, -0.1) is 0 Å². The lowest BCUT2D eigenvalue weighted by molar-refractivity contribution is -0.137. The van der Waals surface area contributed by atoms with Crippen molar-refractivity contribution in [1.82, 2.24) is 4.90 Å². The van der Waals surface area contributed by atoms with Gasteiger partial charge in [-0.3, -0.25) is 4.79 Å². The largest absolute Gasteiger partial charge is 0.416 e. The van der Waals surface area contributed by atoms with Crippen molar-refractivity contribution >= 4 is 17.7 Å². The molecule has 4 rings (SSSR count). The molecule has 30 heavy (non-hydrogen) atoms. The van der Waals surface area contributed by atoms with Gasteiger partial charge in [-0.05, 0) is 54.3 Å². The Morgan fingerprint density at radius 1 is 1.17 bits per heavy atom. The standard InChI is InChI=1S/C23H20F3N3O/c24-23(25,26)18-4-2-1-3-17(18)6-8-21(30)29-11-9-22(10-12-29)15-28-20-7-5-16(14-27)13-19(20)22/h1-8,13,28H,9-12,15H2. The Morgan fingerprint density at radius 2 is 1.90 bits per heavy atom. The summed E-state index contributed by atoms with van der Waals surface area (Å²) in [5.74, 6) is -0.293. The summed E-state index contributed by atoms with van der Waals surface area (Å²) in [5.41, 5.74) is 1.85. The third-order valence-electron chi connectivity index (χ3n) is 6.04. The molecule has 2 aromatic rings. The van der Waals surface area contributed by atoms with Crippen molar-refractivity contribution in [2.75, 3.05) is 25.0 Å². The van der Waals surface area contributed by atoms with Crippen LogP contribution in [-0.2, 0) is 16.4 Å². The van der Waals surface area contributed by atoms with Gasteiger partial charge in [-0.2, -0.15) is 18.4 Å². The molecule has 1 N–H and O–H groups in total. The third-order valence-corrected chi connectivity index (χ3v) is 6.04. The molecule has 0 bridgehead atoms. The van der Waals surface area contributed by atoms with Gasteiger partial charge in [0.1, 0.15) is 0 Å². The zero-order valence-electron chi connectivity index (χ0n) is 16.2. The maximum absolute atomic E-state index is 13.1. The van der Waals surface area contributed by atoms with Crippen LogP contribution < -0.4 is 5.32 Å². The predicted octanol–water partition coefficient (Wildman–Crippen LogP) is 4.58. The molecule has 1 saturated heterocycles. The lowest BCUT2D eigenvalue weighted by atomic mass is 9.74. The first kappa shape index (κ1) is 20.0. The number of nitrogens with zero attached hydrogens (tertiary/aromatic N) is 2. The summed E-state index contributed by atoms with van der Waals surface area (Å²) < 4.78 is 39.4. The van der Waals surface area contributed by atoms with Crippen molar-refractivity contribution in [2.45, 2.75) is 24.4 Å². The van der Waals surface area contributed by atoms with Crippen LogP contribution in [0.15, 0.2) is 48.5 Å². The van der Waals surface area contributed by atoms with Crippen LogP contribution >= 0.6 is 0 Å². The summed E-state index contributed by atoms with van der Waals surface area (Å²) in [4.78, 5) is 14.3. The second kappa shape index (κ2) is 7.52. The van der Waals surface area contributed by atoms with Gasteiger partial charge in [0.25, 0.3) is 0 Å². The number of fused-ring (bicyclic) bond motifs is 2. The molecular weight excluding hydrogens is 391 g/mol. The molecule has 0 unspecified atom stereocenters. The van der Waals surface area contributed by atoms with Crippen LogP contribution in [0, 0.1) is 11.3 Å². The number of alkyl halides is 3. The van der Waals surface area contributed by atoms with E-state index in [1.807, 2.05) is 12.1 Å². The number of anilines is 1. The van der Waals surface area contributed by atoms with Gasteiger partial charge in [-0.25, -0.2) is 0 Å². The molecule has 1 fully saturated rings. The predicted molar refractivity (Wildman–Crippen MR) is 108 cm³/mol. The van der Waals surface area contributed by atoms with E-state index in [0.717, 1.165) is 36.7 Å². The first-order valence-electron chi connectivity index (χ1n) is 9.74. The molecule has 0 atom stereocenters. The van der Waals surface area contributed by atoms with Crippen molar-refractivity contribution < 1.29 is 18.0 Å². The van der Waals surface area contributed by atoms with E-state index in [1.54, 1.807) is 11.0 Å². The Morgan fingerprint density at radius 3 is 2.60 bits per heavy atom.